The van der Waals surface area contributed by atoms with Crippen molar-refractivity contribution in [3.05, 3.63) is 29.8 Å². The van der Waals surface area contributed by atoms with Gasteiger partial charge in [0.2, 0.25) is 5.91 Å². The van der Waals surface area contributed by atoms with E-state index in [1.807, 2.05) is 36.2 Å². The number of carbonyl (C=O) groups excluding carboxylic acids is 1. The lowest BCUT2D eigenvalue weighted by Gasteiger charge is -2.37. The molecule has 2 fully saturated rings. The van der Waals surface area contributed by atoms with E-state index in [4.69, 9.17) is 4.74 Å². The van der Waals surface area contributed by atoms with Crippen molar-refractivity contribution in [3.63, 3.8) is 0 Å². The molecule has 1 saturated heterocycles. The monoisotopic (exact) mass is 302 g/mol. The van der Waals surface area contributed by atoms with Crippen LogP contribution in [-0.4, -0.2) is 56.0 Å². The third-order valence-electron chi connectivity index (χ3n) is 5.34. The number of benzene rings is 1. The van der Waals surface area contributed by atoms with E-state index in [0.717, 1.165) is 50.1 Å². The first kappa shape index (κ1) is 15.3. The Labute approximate surface area is 133 Å². The van der Waals surface area contributed by atoms with Crippen LogP contribution in [-0.2, 0) is 10.2 Å². The van der Waals surface area contributed by atoms with Gasteiger partial charge in [0, 0.05) is 18.7 Å². The zero-order chi connectivity index (χ0) is 15.7. The van der Waals surface area contributed by atoms with Crippen molar-refractivity contribution in [2.75, 3.05) is 34.3 Å². The Kier molecular flexibility index (Phi) is 4.13. The van der Waals surface area contributed by atoms with Crippen molar-refractivity contribution in [2.24, 2.45) is 0 Å². The third-order valence-corrected chi connectivity index (χ3v) is 5.34. The lowest BCUT2D eigenvalue weighted by molar-refractivity contribution is -0.135. The summed E-state index contributed by atoms with van der Waals surface area (Å²) in [5.41, 5.74) is 0.715. The Balaban J connectivity index is 1.79. The van der Waals surface area contributed by atoms with Gasteiger partial charge in [-0.25, -0.2) is 0 Å². The zero-order valence-electron chi connectivity index (χ0n) is 13.8. The van der Waals surface area contributed by atoms with Gasteiger partial charge in [0.15, 0.2) is 0 Å². The molecule has 0 radical (unpaired) electrons. The van der Waals surface area contributed by atoms with E-state index in [-0.39, 0.29) is 11.3 Å². The molecule has 1 aliphatic heterocycles. The highest BCUT2D eigenvalue weighted by atomic mass is 16.5. The van der Waals surface area contributed by atoms with Crippen LogP contribution in [0.5, 0.6) is 5.75 Å². The third kappa shape index (κ3) is 2.60. The maximum absolute atomic E-state index is 13.1. The average molecular weight is 302 g/mol. The minimum absolute atomic E-state index is 0.270. The molecule has 2 aliphatic rings. The Morgan fingerprint density at radius 1 is 1.27 bits per heavy atom. The van der Waals surface area contributed by atoms with Crippen LogP contribution in [0.1, 0.15) is 31.2 Å². The molecule has 120 valence electrons. The molecule has 1 aromatic rings. The summed E-state index contributed by atoms with van der Waals surface area (Å²) >= 11 is 0. The molecule has 1 saturated carbocycles. The van der Waals surface area contributed by atoms with Gasteiger partial charge in [0.05, 0.1) is 12.5 Å². The van der Waals surface area contributed by atoms with Crippen molar-refractivity contribution in [2.45, 2.75) is 37.1 Å². The molecule has 4 heteroatoms. The summed E-state index contributed by atoms with van der Waals surface area (Å²) in [6.07, 6.45) is 4.01. The second-order valence-electron chi connectivity index (χ2n) is 6.73. The molecule has 3 rings (SSSR count). The van der Waals surface area contributed by atoms with Crippen LogP contribution in [0.15, 0.2) is 24.3 Å². The van der Waals surface area contributed by atoms with Crippen LogP contribution in [0.2, 0.25) is 0 Å². The van der Waals surface area contributed by atoms with E-state index in [1.165, 1.54) is 0 Å². The van der Waals surface area contributed by atoms with E-state index in [1.54, 1.807) is 7.11 Å². The van der Waals surface area contributed by atoms with E-state index in [2.05, 4.69) is 11.9 Å². The molecule has 0 spiro atoms. The smallest absolute Gasteiger partial charge is 0.233 e. The molecular formula is C18H26N2O2. The Morgan fingerprint density at radius 3 is 2.50 bits per heavy atom. The average Bonchev–Trinajstić information content (AvgIpc) is 3.36. The van der Waals surface area contributed by atoms with E-state index >= 15 is 0 Å². The van der Waals surface area contributed by atoms with Gasteiger partial charge < -0.3 is 14.5 Å². The van der Waals surface area contributed by atoms with Crippen LogP contribution in [0, 0.1) is 0 Å². The van der Waals surface area contributed by atoms with Gasteiger partial charge in [-0.3, -0.25) is 4.79 Å². The highest BCUT2D eigenvalue weighted by Gasteiger charge is 2.54. The Morgan fingerprint density at radius 2 is 1.91 bits per heavy atom. The van der Waals surface area contributed by atoms with Gasteiger partial charge in [-0.15, -0.1) is 0 Å². The number of ether oxygens (including phenoxy) is 1. The number of methoxy groups -OCH3 is 1. The van der Waals surface area contributed by atoms with Crippen LogP contribution in [0.4, 0.5) is 0 Å². The molecule has 0 N–H and O–H groups in total. The van der Waals surface area contributed by atoms with E-state index in [0.29, 0.717) is 6.04 Å². The molecule has 22 heavy (non-hydrogen) atoms. The number of rotatable bonds is 4. The van der Waals surface area contributed by atoms with E-state index in [9.17, 15) is 4.79 Å². The second-order valence-corrected chi connectivity index (χ2v) is 6.73. The summed E-state index contributed by atoms with van der Waals surface area (Å²) in [7, 11) is 5.81. The summed E-state index contributed by atoms with van der Waals surface area (Å²) in [4.78, 5) is 17.5. The minimum atomic E-state index is -0.343. The second kappa shape index (κ2) is 5.92. The van der Waals surface area contributed by atoms with Gasteiger partial charge in [-0.05, 0) is 51.9 Å². The van der Waals surface area contributed by atoms with Crippen molar-refractivity contribution in [3.8, 4) is 5.75 Å². The number of hydrogen-bond acceptors (Lipinski definition) is 3. The SMILES string of the molecule is COc1ccccc1C1(C(=O)N(C)C2CCN(C)CC2)CC1. The maximum Gasteiger partial charge on any atom is 0.233 e. The molecule has 1 aliphatic carbocycles. The normalized spacial score (nSPS) is 21.4. The number of piperidine rings is 1. The van der Waals surface area contributed by atoms with Gasteiger partial charge in [0.25, 0.3) is 0 Å². The van der Waals surface area contributed by atoms with Gasteiger partial charge in [-0.1, -0.05) is 18.2 Å². The van der Waals surface area contributed by atoms with Crippen molar-refractivity contribution in [1.82, 2.24) is 9.80 Å². The fourth-order valence-electron chi connectivity index (χ4n) is 3.65. The first-order valence-electron chi connectivity index (χ1n) is 8.18. The molecular weight excluding hydrogens is 276 g/mol. The fourth-order valence-corrected chi connectivity index (χ4v) is 3.65. The predicted molar refractivity (Wildman–Crippen MR) is 87.2 cm³/mol. The predicted octanol–water partition coefficient (Wildman–Crippen LogP) is 2.28. The molecule has 4 nitrogen and oxygen atoms in total. The van der Waals surface area contributed by atoms with Gasteiger partial charge in [0.1, 0.15) is 5.75 Å². The molecule has 0 atom stereocenters. The Hall–Kier alpha value is -1.55. The van der Waals surface area contributed by atoms with Gasteiger partial charge in [-0.2, -0.15) is 0 Å². The summed E-state index contributed by atoms with van der Waals surface area (Å²) in [6, 6.07) is 8.34. The number of para-hydroxylation sites is 1. The van der Waals surface area contributed by atoms with Crippen LogP contribution in [0.3, 0.4) is 0 Å². The fraction of sp³-hybridized carbons (Fsp3) is 0.611. The molecule has 0 bridgehead atoms. The quantitative estimate of drug-likeness (QED) is 0.855. The molecule has 1 heterocycles. The van der Waals surface area contributed by atoms with Crippen LogP contribution in [0.25, 0.3) is 0 Å². The topological polar surface area (TPSA) is 32.8 Å². The summed E-state index contributed by atoms with van der Waals surface area (Å²) in [5, 5.41) is 0. The number of nitrogens with zero attached hydrogens (tertiary/aromatic N) is 2. The zero-order valence-corrected chi connectivity index (χ0v) is 13.8. The molecule has 0 unspecified atom stereocenters. The minimum Gasteiger partial charge on any atom is -0.496 e. The molecule has 1 amide bonds. The van der Waals surface area contributed by atoms with Crippen LogP contribution >= 0.6 is 0 Å². The van der Waals surface area contributed by atoms with Crippen molar-refractivity contribution < 1.29 is 9.53 Å². The summed E-state index contributed by atoms with van der Waals surface area (Å²) in [5.74, 6) is 1.11. The lowest BCUT2D eigenvalue weighted by atomic mass is 9.92. The number of amides is 1. The van der Waals surface area contributed by atoms with Gasteiger partial charge >= 0.3 is 0 Å². The number of likely N-dealkylation sites (tertiary alicyclic amines) is 1. The first-order valence-corrected chi connectivity index (χ1v) is 8.18. The van der Waals surface area contributed by atoms with Crippen molar-refractivity contribution in [1.29, 1.82) is 0 Å². The molecule has 1 aromatic carbocycles. The number of hydrogen-bond donors (Lipinski definition) is 0. The Bertz CT molecular complexity index is 546. The lowest BCUT2D eigenvalue weighted by Crippen LogP contribution is -2.47. The largest absolute Gasteiger partial charge is 0.496 e. The highest BCUT2D eigenvalue weighted by Crippen LogP contribution is 2.52. The standard InChI is InChI=1S/C18H26N2O2/c1-19-12-8-14(9-13-19)20(2)17(21)18(10-11-18)15-6-4-5-7-16(15)22-3/h4-7,14H,8-13H2,1-3H3. The summed E-state index contributed by atoms with van der Waals surface area (Å²) in [6.45, 7) is 2.15. The van der Waals surface area contributed by atoms with Crippen molar-refractivity contribution >= 4 is 5.91 Å². The van der Waals surface area contributed by atoms with E-state index < -0.39 is 0 Å². The maximum atomic E-state index is 13.1. The van der Waals surface area contributed by atoms with Crippen LogP contribution < -0.4 is 4.74 Å². The first-order chi connectivity index (χ1) is 10.6. The number of likely N-dealkylation sites (N-methyl/N-ethyl adjacent to an activating group) is 1. The highest BCUT2D eigenvalue weighted by molar-refractivity contribution is 5.92. The summed E-state index contributed by atoms with van der Waals surface area (Å²) < 4.78 is 5.48. The molecule has 0 aromatic heterocycles. The number of carbonyl (C=O) groups is 1.